The Morgan fingerprint density at radius 3 is 1.74 bits per heavy atom. The van der Waals surface area contributed by atoms with Crippen molar-refractivity contribution in [1.29, 1.82) is 0 Å². The fourth-order valence-electron chi connectivity index (χ4n) is 6.82. The zero-order valence-electron chi connectivity index (χ0n) is 25.5. The summed E-state index contributed by atoms with van der Waals surface area (Å²) in [5.41, 5.74) is 13.6. The van der Waals surface area contributed by atoms with Crippen molar-refractivity contribution in [2.45, 2.75) is 12.8 Å². The standard InChI is InChI=1S/C40H28N4.CH4S/c1-3-10-27(11-4-1)29-18-20-35-33(24-29)39-37(16-8-22-41-39)43(35)31-14-7-15-32(26-31)44-36-21-19-30(28-12-5-2-6-13-28)25-34(36)40-38(44)17-9-23-42-40;1-2/h1,3-5,7-26H,2,6H2;2H,1H3. The quantitative estimate of drug-likeness (QED) is 0.201. The lowest BCUT2D eigenvalue weighted by atomic mass is 9.98. The van der Waals surface area contributed by atoms with E-state index >= 15 is 0 Å². The van der Waals surface area contributed by atoms with E-state index in [1.165, 1.54) is 22.3 Å². The van der Waals surface area contributed by atoms with Gasteiger partial charge in [0.15, 0.2) is 0 Å². The molecule has 4 aromatic carbocycles. The van der Waals surface area contributed by atoms with Crippen LogP contribution in [-0.4, -0.2) is 25.4 Å². The fourth-order valence-corrected chi connectivity index (χ4v) is 6.82. The molecule has 0 N–H and O–H groups in total. The van der Waals surface area contributed by atoms with E-state index < -0.39 is 0 Å². The van der Waals surface area contributed by atoms with Gasteiger partial charge in [-0.3, -0.25) is 9.97 Å². The average Bonchev–Trinajstić information content (AvgIpc) is 3.65. The third-order valence-electron chi connectivity index (χ3n) is 8.82. The second-order valence-corrected chi connectivity index (χ2v) is 11.4. The second kappa shape index (κ2) is 11.8. The molecule has 46 heavy (non-hydrogen) atoms. The average molecular weight is 613 g/mol. The zero-order chi connectivity index (χ0) is 31.0. The number of thiol groups is 1. The molecule has 0 amide bonds. The molecular formula is C41H32N4S. The minimum Gasteiger partial charge on any atom is -0.308 e. The summed E-state index contributed by atoms with van der Waals surface area (Å²) in [6, 6.07) is 41.2. The molecule has 1 aliphatic carbocycles. The minimum atomic E-state index is 1.00. The highest BCUT2D eigenvalue weighted by molar-refractivity contribution is 7.79. The van der Waals surface area contributed by atoms with Crippen LogP contribution >= 0.6 is 12.6 Å². The highest BCUT2D eigenvalue weighted by Crippen LogP contribution is 2.37. The van der Waals surface area contributed by atoms with E-state index in [0.29, 0.717) is 0 Å². The highest BCUT2D eigenvalue weighted by Gasteiger charge is 2.18. The smallest absolute Gasteiger partial charge is 0.0963 e. The van der Waals surface area contributed by atoms with Gasteiger partial charge in [0.05, 0.1) is 33.1 Å². The van der Waals surface area contributed by atoms with Crippen molar-refractivity contribution in [2.24, 2.45) is 0 Å². The molecule has 0 unspecified atom stereocenters. The zero-order valence-corrected chi connectivity index (χ0v) is 26.4. The van der Waals surface area contributed by atoms with Gasteiger partial charge in [0.1, 0.15) is 0 Å². The summed E-state index contributed by atoms with van der Waals surface area (Å²) in [6.45, 7) is 0. The first-order valence-corrected chi connectivity index (χ1v) is 16.5. The Morgan fingerprint density at radius 2 is 1.13 bits per heavy atom. The van der Waals surface area contributed by atoms with Gasteiger partial charge in [0, 0.05) is 34.5 Å². The molecule has 4 aromatic heterocycles. The summed E-state index contributed by atoms with van der Waals surface area (Å²) in [4.78, 5) is 9.70. The van der Waals surface area contributed by atoms with Gasteiger partial charge in [0.25, 0.3) is 0 Å². The van der Waals surface area contributed by atoms with Crippen molar-refractivity contribution >= 4 is 62.1 Å². The summed E-state index contributed by atoms with van der Waals surface area (Å²) in [6.07, 6.45) is 14.5. The number of nitrogens with zero attached hydrogens (tertiary/aromatic N) is 4. The first kappa shape index (κ1) is 28.1. The first-order chi connectivity index (χ1) is 22.8. The van der Waals surface area contributed by atoms with E-state index in [0.717, 1.165) is 68.1 Å². The Labute approximate surface area is 273 Å². The molecule has 0 bridgehead atoms. The third kappa shape index (κ3) is 4.63. The molecule has 0 atom stereocenters. The van der Waals surface area contributed by atoms with Gasteiger partial charge in [-0.05, 0) is 108 Å². The van der Waals surface area contributed by atoms with Crippen LogP contribution in [0, 0.1) is 0 Å². The van der Waals surface area contributed by atoms with Crippen molar-refractivity contribution in [3.63, 3.8) is 0 Å². The van der Waals surface area contributed by atoms with E-state index in [2.05, 4.69) is 143 Å². The molecule has 8 aromatic rings. The summed E-state index contributed by atoms with van der Waals surface area (Å²) in [5.74, 6) is 0. The fraction of sp³-hybridized carbons (Fsp3) is 0.0732. The van der Waals surface area contributed by atoms with Crippen LogP contribution in [0.3, 0.4) is 0 Å². The van der Waals surface area contributed by atoms with Crippen molar-refractivity contribution in [2.75, 3.05) is 6.26 Å². The predicted molar refractivity (Wildman–Crippen MR) is 197 cm³/mol. The molecule has 5 heteroatoms. The first-order valence-electron chi connectivity index (χ1n) is 15.6. The summed E-state index contributed by atoms with van der Waals surface area (Å²) >= 11 is 3.53. The van der Waals surface area contributed by atoms with Crippen LogP contribution < -0.4 is 0 Å². The number of benzene rings is 4. The van der Waals surface area contributed by atoms with Crippen molar-refractivity contribution < 1.29 is 0 Å². The summed E-state index contributed by atoms with van der Waals surface area (Å²) in [5, 5.41) is 2.31. The molecule has 4 heterocycles. The van der Waals surface area contributed by atoms with Crippen LogP contribution in [0.2, 0.25) is 0 Å². The van der Waals surface area contributed by atoms with Gasteiger partial charge in [-0.1, -0.05) is 66.8 Å². The molecule has 0 spiro atoms. The van der Waals surface area contributed by atoms with Crippen LogP contribution in [-0.2, 0) is 0 Å². The molecule has 4 nitrogen and oxygen atoms in total. The number of aromatic nitrogens is 4. The second-order valence-electron chi connectivity index (χ2n) is 11.4. The van der Waals surface area contributed by atoms with Gasteiger partial charge >= 0.3 is 0 Å². The van der Waals surface area contributed by atoms with Gasteiger partial charge in [0.2, 0.25) is 0 Å². The van der Waals surface area contributed by atoms with E-state index in [-0.39, 0.29) is 0 Å². The van der Waals surface area contributed by atoms with Gasteiger partial charge < -0.3 is 9.13 Å². The van der Waals surface area contributed by atoms with Crippen molar-refractivity contribution in [3.05, 3.63) is 151 Å². The molecule has 0 aliphatic heterocycles. The maximum atomic E-state index is 4.86. The van der Waals surface area contributed by atoms with E-state index in [4.69, 9.17) is 9.97 Å². The topological polar surface area (TPSA) is 35.6 Å². The number of fused-ring (bicyclic) bond motifs is 6. The number of hydrogen-bond acceptors (Lipinski definition) is 3. The molecular weight excluding hydrogens is 581 g/mol. The van der Waals surface area contributed by atoms with Crippen LogP contribution in [0.4, 0.5) is 0 Å². The normalized spacial score (nSPS) is 12.9. The molecule has 0 saturated heterocycles. The van der Waals surface area contributed by atoms with Gasteiger partial charge in [-0.2, -0.15) is 12.6 Å². The molecule has 0 saturated carbocycles. The van der Waals surface area contributed by atoms with Crippen molar-refractivity contribution in [1.82, 2.24) is 19.1 Å². The van der Waals surface area contributed by atoms with Gasteiger partial charge in [-0.15, -0.1) is 0 Å². The lowest BCUT2D eigenvalue weighted by Crippen LogP contribution is -1.98. The molecule has 0 fully saturated rings. The summed E-state index contributed by atoms with van der Waals surface area (Å²) < 4.78 is 4.68. The van der Waals surface area contributed by atoms with E-state index in [9.17, 15) is 0 Å². The Kier molecular flexibility index (Phi) is 7.24. The van der Waals surface area contributed by atoms with Crippen LogP contribution in [0.1, 0.15) is 18.4 Å². The minimum absolute atomic E-state index is 1.00. The van der Waals surface area contributed by atoms with Gasteiger partial charge in [-0.25, -0.2) is 0 Å². The maximum Gasteiger partial charge on any atom is 0.0963 e. The summed E-state index contributed by atoms with van der Waals surface area (Å²) in [7, 11) is 0. The van der Waals surface area contributed by atoms with Crippen LogP contribution in [0.5, 0.6) is 0 Å². The maximum absolute atomic E-state index is 4.86. The molecule has 1 aliphatic rings. The van der Waals surface area contributed by atoms with Crippen LogP contribution in [0.25, 0.3) is 71.9 Å². The number of hydrogen-bond donors (Lipinski definition) is 1. The number of pyridine rings is 2. The number of allylic oxidation sites excluding steroid dienone is 4. The molecule has 9 rings (SSSR count). The highest BCUT2D eigenvalue weighted by atomic mass is 32.1. The Bertz CT molecular complexity index is 2450. The number of rotatable bonds is 4. The molecule has 222 valence electrons. The van der Waals surface area contributed by atoms with Crippen molar-refractivity contribution in [3.8, 4) is 22.5 Å². The Hall–Kier alpha value is -5.39. The lowest BCUT2D eigenvalue weighted by Gasteiger charge is -2.13. The largest absolute Gasteiger partial charge is 0.308 e. The monoisotopic (exact) mass is 612 g/mol. The van der Waals surface area contributed by atoms with Crippen LogP contribution in [0.15, 0.2) is 146 Å². The van der Waals surface area contributed by atoms with E-state index in [1.807, 2.05) is 24.5 Å². The predicted octanol–water partition coefficient (Wildman–Crippen LogP) is 10.6. The Balaban J connectivity index is 0.00000153. The third-order valence-corrected chi connectivity index (χ3v) is 8.82. The lowest BCUT2D eigenvalue weighted by molar-refractivity contribution is 1.04. The molecule has 0 radical (unpaired) electrons. The Morgan fingerprint density at radius 1 is 0.522 bits per heavy atom. The SMILES string of the molecule is C1=CC(c2ccc3c(c2)c2ncccc2n3-c2cccc(-n3c4ccc(-c5ccccc5)cc4c4ncccc43)c2)=CCC1.CS. The van der Waals surface area contributed by atoms with E-state index in [1.54, 1.807) is 6.26 Å².